The highest BCUT2D eigenvalue weighted by atomic mass is 14.4. The maximum absolute atomic E-state index is 2.32. The van der Waals surface area contributed by atoms with Crippen LogP contribution in [0.2, 0.25) is 0 Å². The third kappa shape index (κ3) is 61.6. The van der Waals surface area contributed by atoms with Gasteiger partial charge in [0.1, 0.15) is 0 Å². The molecule has 1 aromatic rings. The van der Waals surface area contributed by atoms with E-state index in [4.69, 9.17) is 0 Å². The van der Waals surface area contributed by atoms with Crippen molar-refractivity contribution in [2.75, 3.05) is 0 Å². The fourth-order valence-electron chi connectivity index (χ4n) is 3.98. The van der Waals surface area contributed by atoms with Crippen molar-refractivity contribution in [1.29, 1.82) is 0 Å². The summed E-state index contributed by atoms with van der Waals surface area (Å²) in [6.07, 6.45) is 8.20. The molecule has 2 rings (SSSR count). The highest BCUT2D eigenvalue weighted by molar-refractivity contribution is 5.26. The second-order valence-electron chi connectivity index (χ2n) is 24.7. The van der Waals surface area contributed by atoms with Crippen molar-refractivity contribution in [2.24, 2.45) is 50.2 Å². The lowest BCUT2D eigenvalue weighted by atomic mass is 9.84. The Bertz CT molecular complexity index is 866. The summed E-state index contributed by atoms with van der Waals surface area (Å²) in [5.74, 6) is 2.69. The van der Waals surface area contributed by atoms with Gasteiger partial charge in [-0.1, -0.05) is 237 Å². The number of aryl methyl sites for hydroxylation is 1. The molecule has 0 heterocycles. The van der Waals surface area contributed by atoms with Crippen LogP contribution in [0.5, 0.6) is 0 Å². The molecule has 1 saturated carbocycles. The Morgan fingerprint density at radius 1 is 0.549 bits per heavy atom. The Hall–Kier alpha value is -0.780. The van der Waals surface area contributed by atoms with Crippen LogP contribution in [0.1, 0.15) is 244 Å². The highest BCUT2D eigenvalue weighted by Crippen LogP contribution is 2.44. The molecule has 0 aromatic heterocycles. The third-order valence-electron chi connectivity index (χ3n) is 8.53. The highest BCUT2D eigenvalue weighted by Gasteiger charge is 2.33. The lowest BCUT2D eigenvalue weighted by molar-refractivity contribution is 0.283. The molecule has 0 spiro atoms. The quantitative estimate of drug-likeness (QED) is 0.286. The SMILES string of the molecule is CC(C)(C)C.CC(C)(C)C1CC1.CC(C)C(C)(C)C.CC(C)CC(C)(C)C.CCC(C)(C)C.CCCC(C)(C)C.Cc1ccc(C(C)(C)C)cc1. The van der Waals surface area contributed by atoms with Gasteiger partial charge < -0.3 is 0 Å². The van der Waals surface area contributed by atoms with Gasteiger partial charge in [-0.2, -0.15) is 0 Å². The minimum Gasteiger partial charge on any atom is -0.0654 e. The Morgan fingerprint density at radius 2 is 0.863 bits per heavy atom. The van der Waals surface area contributed by atoms with Crippen molar-refractivity contribution in [3.63, 3.8) is 0 Å². The average Bonchev–Trinajstić information content (AvgIpc) is 3.67. The van der Waals surface area contributed by atoms with Crippen LogP contribution in [-0.4, -0.2) is 0 Å². The first-order valence-corrected chi connectivity index (χ1v) is 21.2. The molecule has 0 amide bonds. The van der Waals surface area contributed by atoms with E-state index in [9.17, 15) is 0 Å². The second-order valence-corrected chi connectivity index (χ2v) is 24.7. The normalized spacial score (nSPS) is 13.6. The van der Waals surface area contributed by atoms with Gasteiger partial charge >= 0.3 is 0 Å². The number of hydrogen-bond donors (Lipinski definition) is 0. The molecular weight excluding hydrogens is 613 g/mol. The van der Waals surface area contributed by atoms with E-state index in [0.717, 1.165) is 17.8 Å². The molecule has 1 fully saturated rings. The van der Waals surface area contributed by atoms with Crippen LogP contribution in [0, 0.1) is 57.2 Å². The molecule has 310 valence electrons. The molecule has 0 radical (unpaired) electrons. The number of rotatable bonds is 2. The van der Waals surface area contributed by atoms with Crippen molar-refractivity contribution < 1.29 is 0 Å². The van der Waals surface area contributed by atoms with E-state index < -0.39 is 0 Å². The van der Waals surface area contributed by atoms with Crippen molar-refractivity contribution in [3.05, 3.63) is 35.4 Å². The first-order valence-electron chi connectivity index (χ1n) is 21.2. The lowest BCUT2D eigenvalue weighted by Gasteiger charge is -2.22. The molecule has 0 N–H and O–H groups in total. The van der Waals surface area contributed by atoms with Gasteiger partial charge in [0.2, 0.25) is 0 Å². The van der Waals surface area contributed by atoms with Gasteiger partial charge in [0, 0.05) is 0 Å². The second kappa shape index (κ2) is 26.1. The number of benzene rings is 1. The van der Waals surface area contributed by atoms with Gasteiger partial charge in [0.15, 0.2) is 0 Å². The van der Waals surface area contributed by atoms with Gasteiger partial charge in [-0.15, -0.1) is 0 Å². The summed E-state index contributed by atoms with van der Waals surface area (Å²) in [5, 5.41) is 0. The van der Waals surface area contributed by atoms with Crippen LogP contribution in [0.15, 0.2) is 24.3 Å². The van der Waals surface area contributed by atoms with Crippen LogP contribution in [-0.2, 0) is 5.41 Å². The van der Waals surface area contributed by atoms with Crippen LogP contribution in [0.4, 0.5) is 0 Å². The minimum absolute atomic E-state index is 0.285. The third-order valence-corrected chi connectivity index (χ3v) is 8.53. The standard InChI is InChI=1S/C11H16.C8H18.C7H14.2C7H16.C6H14.C5H12/c1-9-5-7-10(8-6-9)11(2,3)4;1-7(2)6-8(3,4)5;1-7(2,3)6-4-5-6;1-6(2)7(3,4)5;1-5-6-7(2,3)4;1-5-6(2,3)4;1-5(2,3)4/h5-8H,1-4H3;7H,6H2,1-5H3;6H,4-5H2,1-3H3;6H,1-5H3;5-6H2,1-4H3;5H2,1-4H3;1-4H3. The summed E-state index contributed by atoms with van der Waals surface area (Å²) in [7, 11) is 0. The van der Waals surface area contributed by atoms with E-state index in [1.807, 2.05) is 0 Å². The first-order chi connectivity index (χ1) is 22.1. The molecule has 0 aliphatic heterocycles. The lowest BCUT2D eigenvalue weighted by Crippen LogP contribution is -2.12. The Balaban J connectivity index is -0.000000164. The zero-order valence-electron chi connectivity index (χ0n) is 41.8. The summed E-state index contributed by atoms with van der Waals surface area (Å²) in [6.45, 7) is 65.2. The molecular formula is C51H106. The first kappa shape index (κ1) is 59.5. The zero-order chi connectivity index (χ0) is 42.5. The maximum atomic E-state index is 2.32. The summed E-state index contributed by atoms with van der Waals surface area (Å²) < 4.78 is 0. The fourth-order valence-corrected chi connectivity index (χ4v) is 3.98. The van der Waals surface area contributed by atoms with Crippen molar-refractivity contribution >= 4 is 0 Å². The molecule has 0 atom stereocenters. The zero-order valence-corrected chi connectivity index (χ0v) is 41.8. The van der Waals surface area contributed by atoms with Gasteiger partial charge in [0.25, 0.3) is 0 Å². The van der Waals surface area contributed by atoms with Crippen molar-refractivity contribution in [2.45, 2.75) is 245 Å². The molecule has 0 nitrogen and oxygen atoms in total. The van der Waals surface area contributed by atoms with Crippen LogP contribution >= 0.6 is 0 Å². The molecule has 1 aromatic carbocycles. The Morgan fingerprint density at radius 3 is 0.941 bits per heavy atom. The predicted octanol–water partition coefficient (Wildman–Crippen LogP) is 18.8. The fraction of sp³-hybridized carbons (Fsp3) is 0.882. The van der Waals surface area contributed by atoms with E-state index in [1.165, 1.54) is 49.7 Å². The van der Waals surface area contributed by atoms with E-state index in [1.54, 1.807) is 0 Å². The Kier molecular flexibility index (Phi) is 30.4. The van der Waals surface area contributed by atoms with E-state index >= 15 is 0 Å². The van der Waals surface area contributed by atoms with E-state index in [-0.39, 0.29) is 5.41 Å². The van der Waals surface area contributed by atoms with Crippen molar-refractivity contribution in [1.82, 2.24) is 0 Å². The summed E-state index contributed by atoms with van der Waals surface area (Å²) in [6, 6.07) is 8.74. The van der Waals surface area contributed by atoms with Gasteiger partial charge in [-0.05, 0) is 93.8 Å². The molecule has 0 unspecified atom stereocenters. The molecule has 0 saturated heterocycles. The summed E-state index contributed by atoms with van der Waals surface area (Å²) >= 11 is 0. The van der Waals surface area contributed by atoms with Crippen molar-refractivity contribution in [3.8, 4) is 0 Å². The van der Waals surface area contributed by atoms with E-state index in [2.05, 4.69) is 225 Å². The average molecular weight is 719 g/mol. The monoisotopic (exact) mass is 719 g/mol. The van der Waals surface area contributed by atoms with Gasteiger partial charge in [0.05, 0.1) is 0 Å². The molecule has 1 aliphatic rings. The molecule has 1 aliphatic carbocycles. The Labute approximate surface area is 329 Å². The number of hydrogen-bond acceptors (Lipinski definition) is 0. The smallest absolute Gasteiger partial charge is 0.0132 e. The molecule has 0 bridgehead atoms. The molecule has 0 heteroatoms. The van der Waals surface area contributed by atoms with Crippen LogP contribution in [0.25, 0.3) is 0 Å². The minimum atomic E-state index is 0.285. The molecule has 51 heavy (non-hydrogen) atoms. The topological polar surface area (TPSA) is 0 Å². The van der Waals surface area contributed by atoms with Gasteiger partial charge in [-0.25, -0.2) is 0 Å². The summed E-state index contributed by atoms with van der Waals surface area (Å²) in [5.41, 5.74) is 6.25. The largest absolute Gasteiger partial charge is 0.0654 e. The van der Waals surface area contributed by atoms with Gasteiger partial charge in [-0.3, -0.25) is 0 Å². The van der Waals surface area contributed by atoms with Crippen LogP contribution in [0.3, 0.4) is 0 Å². The predicted molar refractivity (Wildman–Crippen MR) is 244 cm³/mol. The van der Waals surface area contributed by atoms with Crippen LogP contribution < -0.4 is 0 Å². The summed E-state index contributed by atoms with van der Waals surface area (Å²) in [4.78, 5) is 0. The van der Waals surface area contributed by atoms with E-state index in [0.29, 0.717) is 32.5 Å². The maximum Gasteiger partial charge on any atom is -0.0132 e.